The standard InChI is InChI=1S/C23H31N5O2S2/c1-6-25-8-10-26(11-9-25)20-17(16(5)18(13-24)21(29)27(20)7-2)12-19-22(30)28(14-15(3)4)23(31)32-19/h12,15H,6-11,14H2,1-5H3. The first-order valence-corrected chi connectivity index (χ1v) is 12.4. The van der Waals surface area contributed by atoms with Crippen LogP contribution in [0.1, 0.15) is 44.4 Å². The van der Waals surface area contributed by atoms with Gasteiger partial charge in [-0.3, -0.25) is 19.1 Å². The van der Waals surface area contributed by atoms with E-state index in [1.165, 1.54) is 11.8 Å². The lowest BCUT2D eigenvalue weighted by atomic mass is 10.0. The van der Waals surface area contributed by atoms with Crippen molar-refractivity contribution in [3.8, 4) is 6.07 Å². The van der Waals surface area contributed by atoms with E-state index in [0.717, 1.165) is 44.1 Å². The quantitative estimate of drug-likeness (QED) is 0.464. The predicted molar refractivity (Wildman–Crippen MR) is 135 cm³/mol. The van der Waals surface area contributed by atoms with E-state index in [2.05, 4.69) is 36.6 Å². The molecule has 3 rings (SSSR count). The molecule has 0 radical (unpaired) electrons. The van der Waals surface area contributed by atoms with Gasteiger partial charge in [-0.2, -0.15) is 5.26 Å². The average Bonchev–Trinajstić information content (AvgIpc) is 3.02. The van der Waals surface area contributed by atoms with Gasteiger partial charge in [0.05, 0.1) is 4.91 Å². The molecule has 9 heteroatoms. The van der Waals surface area contributed by atoms with Gasteiger partial charge in [-0.15, -0.1) is 0 Å². The van der Waals surface area contributed by atoms with E-state index in [4.69, 9.17) is 12.2 Å². The number of hydrogen-bond acceptors (Lipinski definition) is 7. The Morgan fingerprint density at radius 3 is 2.34 bits per heavy atom. The molecule has 0 bridgehead atoms. The summed E-state index contributed by atoms with van der Waals surface area (Å²) in [6.45, 7) is 15.4. The molecule has 1 aromatic rings. The Bertz CT molecular complexity index is 1050. The number of nitrogens with zero attached hydrogens (tertiary/aromatic N) is 5. The number of carbonyl (C=O) groups excluding carboxylic acids is 1. The first-order chi connectivity index (χ1) is 15.2. The Labute approximate surface area is 199 Å². The van der Waals surface area contributed by atoms with Crippen LogP contribution in [0.3, 0.4) is 0 Å². The van der Waals surface area contributed by atoms with Gasteiger partial charge in [-0.05, 0) is 37.9 Å². The van der Waals surface area contributed by atoms with Gasteiger partial charge in [0.2, 0.25) is 0 Å². The third-order valence-corrected chi connectivity index (χ3v) is 7.36. The first kappa shape index (κ1) is 24.5. The van der Waals surface area contributed by atoms with E-state index >= 15 is 0 Å². The third kappa shape index (κ3) is 4.63. The summed E-state index contributed by atoms with van der Waals surface area (Å²) < 4.78 is 2.23. The molecule has 0 atom stereocenters. The van der Waals surface area contributed by atoms with Crippen molar-refractivity contribution < 1.29 is 4.79 Å². The van der Waals surface area contributed by atoms with Crippen LogP contribution in [0.15, 0.2) is 9.70 Å². The minimum atomic E-state index is -0.273. The van der Waals surface area contributed by atoms with Crippen LogP contribution in [0.2, 0.25) is 0 Å². The summed E-state index contributed by atoms with van der Waals surface area (Å²) in [5.74, 6) is 0.984. The molecule has 2 aliphatic rings. The van der Waals surface area contributed by atoms with Gasteiger partial charge >= 0.3 is 0 Å². The maximum absolute atomic E-state index is 13.1. The fourth-order valence-electron chi connectivity index (χ4n) is 4.21. The molecule has 172 valence electrons. The van der Waals surface area contributed by atoms with Crippen molar-refractivity contribution in [3.05, 3.63) is 31.9 Å². The van der Waals surface area contributed by atoms with Gasteiger partial charge in [-0.1, -0.05) is 44.8 Å². The summed E-state index contributed by atoms with van der Waals surface area (Å²) in [5, 5.41) is 9.70. The Morgan fingerprint density at radius 2 is 1.81 bits per heavy atom. The zero-order valence-electron chi connectivity index (χ0n) is 19.5. The van der Waals surface area contributed by atoms with E-state index < -0.39 is 0 Å². The molecule has 0 aromatic carbocycles. The number of nitriles is 1. The summed E-state index contributed by atoms with van der Waals surface area (Å²) in [5.41, 5.74) is 1.24. The van der Waals surface area contributed by atoms with Crippen LogP contribution in [0, 0.1) is 24.2 Å². The number of pyridine rings is 1. The fraction of sp³-hybridized carbons (Fsp3) is 0.565. The van der Waals surface area contributed by atoms with Crippen LogP contribution in [0.5, 0.6) is 0 Å². The van der Waals surface area contributed by atoms with Crippen molar-refractivity contribution in [2.75, 3.05) is 44.2 Å². The van der Waals surface area contributed by atoms with Crippen molar-refractivity contribution in [2.45, 2.75) is 41.2 Å². The van der Waals surface area contributed by atoms with Crippen LogP contribution < -0.4 is 10.5 Å². The molecule has 0 spiro atoms. The zero-order chi connectivity index (χ0) is 23.6. The maximum Gasteiger partial charge on any atom is 0.270 e. The molecule has 0 aliphatic carbocycles. The molecule has 2 aliphatic heterocycles. The number of carbonyl (C=O) groups is 1. The maximum atomic E-state index is 13.1. The molecule has 2 fully saturated rings. The third-order valence-electron chi connectivity index (χ3n) is 5.98. The van der Waals surface area contributed by atoms with E-state index in [0.29, 0.717) is 33.8 Å². The molecular formula is C23H31N5O2S2. The predicted octanol–water partition coefficient (Wildman–Crippen LogP) is 3.05. The Morgan fingerprint density at radius 1 is 1.16 bits per heavy atom. The van der Waals surface area contributed by atoms with E-state index in [9.17, 15) is 14.9 Å². The molecule has 1 aromatic heterocycles. The summed E-state index contributed by atoms with van der Waals surface area (Å²) >= 11 is 6.76. The van der Waals surface area contributed by atoms with E-state index in [-0.39, 0.29) is 17.0 Å². The van der Waals surface area contributed by atoms with Crippen molar-refractivity contribution in [1.29, 1.82) is 5.26 Å². The summed E-state index contributed by atoms with van der Waals surface area (Å²) in [7, 11) is 0. The number of rotatable bonds is 6. The number of amides is 1. The number of aromatic nitrogens is 1. The van der Waals surface area contributed by atoms with Crippen LogP contribution in [-0.4, -0.2) is 63.9 Å². The summed E-state index contributed by atoms with van der Waals surface area (Å²) in [6.07, 6.45) is 1.84. The molecule has 7 nitrogen and oxygen atoms in total. The Kier molecular flexibility index (Phi) is 7.80. The van der Waals surface area contributed by atoms with Crippen LogP contribution >= 0.6 is 24.0 Å². The molecular weight excluding hydrogens is 442 g/mol. The fourth-order valence-corrected chi connectivity index (χ4v) is 5.46. The SMILES string of the molecule is CCN1CCN(c2c(C=C3SC(=S)N(CC(C)C)C3=O)c(C)c(C#N)c(=O)n2CC)CC1. The highest BCUT2D eigenvalue weighted by molar-refractivity contribution is 8.26. The molecule has 0 N–H and O–H groups in total. The molecule has 3 heterocycles. The lowest BCUT2D eigenvalue weighted by molar-refractivity contribution is -0.122. The summed E-state index contributed by atoms with van der Waals surface area (Å²) in [4.78, 5) is 33.0. The number of thioether (sulfide) groups is 1. The highest BCUT2D eigenvalue weighted by Gasteiger charge is 2.33. The van der Waals surface area contributed by atoms with Gasteiger partial charge < -0.3 is 9.80 Å². The van der Waals surface area contributed by atoms with Crippen LogP contribution in [-0.2, 0) is 11.3 Å². The lowest BCUT2D eigenvalue weighted by Crippen LogP contribution is -2.48. The minimum absolute atomic E-state index is 0.109. The largest absolute Gasteiger partial charge is 0.355 e. The Balaban J connectivity index is 2.15. The number of hydrogen-bond donors (Lipinski definition) is 0. The monoisotopic (exact) mass is 473 g/mol. The molecule has 2 saturated heterocycles. The number of thiocarbonyl (C=S) groups is 1. The second-order valence-corrected chi connectivity index (χ2v) is 10.2. The van der Waals surface area contributed by atoms with E-state index in [1.54, 1.807) is 16.4 Å². The van der Waals surface area contributed by atoms with Crippen molar-refractivity contribution in [1.82, 2.24) is 14.4 Å². The lowest BCUT2D eigenvalue weighted by Gasteiger charge is -2.37. The number of likely N-dealkylation sites (N-methyl/N-ethyl adjacent to an activating group) is 1. The van der Waals surface area contributed by atoms with Gasteiger partial charge in [0.15, 0.2) is 0 Å². The average molecular weight is 474 g/mol. The van der Waals surface area contributed by atoms with Gasteiger partial charge in [0, 0.05) is 44.8 Å². The van der Waals surface area contributed by atoms with Crippen molar-refractivity contribution in [3.63, 3.8) is 0 Å². The second kappa shape index (κ2) is 10.2. The topological polar surface area (TPSA) is 72.6 Å². The number of piperazine rings is 1. The van der Waals surface area contributed by atoms with Crippen molar-refractivity contribution >= 4 is 46.1 Å². The smallest absolute Gasteiger partial charge is 0.270 e. The number of anilines is 1. The minimum Gasteiger partial charge on any atom is -0.355 e. The molecule has 32 heavy (non-hydrogen) atoms. The molecule has 1 amide bonds. The molecule has 0 unspecified atom stereocenters. The second-order valence-electron chi connectivity index (χ2n) is 8.51. The van der Waals surface area contributed by atoms with Crippen LogP contribution in [0.25, 0.3) is 6.08 Å². The van der Waals surface area contributed by atoms with Crippen molar-refractivity contribution in [2.24, 2.45) is 5.92 Å². The highest BCUT2D eigenvalue weighted by atomic mass is 32.2. The van der Waals surface area contributed by atoms with Crippen LogP contribution in [0.4, 0.5) is 5.82 Å². The van der Waals surface area contributed by atoms with Gasteiger partial charge in [0.1, 0.15) is 21.8 Å². The van der Waals surface area contributed by atoms with E-state index in [1.807, 2.05) is 13.0 Å². The highest BCUT2D eigenvalue weighted by Crippen LogP contribution is 2.36. The van der Waals surface area contributed by atoms with Gasteiger partial charge in [0.25, 0.3) is 11.5 Å². The normalized spacial score (nSPS) is 18.8. The molecule has 0 saturated carbocycles. The van der Waals surface area contributed by atoms with Gasteiger partial charge in [-0.25, -0.2) is 0 Å². The zero-order valence-corrected chi connectivity index (χ0v) is 21.1. The first-order valence-electron chi connectivity index (χ1n) is 11.1. The Hall–Kier alpha value is -2.15. The summed E-state index contributed by atoms with van der Waals surface area (Å²) in [6, 6.07) is 2.09.